The standard InChI is InChI=1S/C14H17N5O2/c1-3-15-13-8-11(19(20)21)9-14(18-13)17-10(2)12-6-4-5-7-16-12/h4-10H,3H2,1-2H3,(H2,15,17,18). The Hall–Kier alpha value is -2.70. The van der Waals surface area contributed by atoms with Crippen LogP contribution in [-0.4, -0.2) is 21.4 Å². The minimum atomic E-state index is -0.431. The van der Waals surface area contributed by atoms with Crippen molar-refractivity contribution in [2.24, 2.45) is 0 Å². The molecule has 0 aliphatic heterocycles. The molecule has 2 N–H and O–H groups in total. The molecule has 0 bridgehead atoms. The van der Waals surface area contributed by atoms with Crippen molar-refractivity contribution in [1.29, 1.82) is 0 Å². The fourth-order valence-corrected chi connectivity index (χ4v) is 1.90. The van der Waals surface area contributed by atoms with E-state index in [2.05, 4.69) is 20.6 Å². The summed E-state index contributed by atoms with van der Waals surface area (Å²) in [5.74, 6) is 0.917. The summed E-state index contributed by atoms with van der Waals surface area (Å²) in [6.07, 6.45) is 1.71. The molecule has 110 valence electrons. The Labute approximate surface area is 122 Å². The molecular formula is C14H17N5O2. The number of anilines is 2. The van der Waals surface area contributed by atoms with E-state index in [0.29, 0.717) is 18.2 Å². The summed E-state index contributed by atoms with van der Waals surface area (Å²) >= 11 is 0. The Morgan fingerprint density at radius 1 is 1.33 bits per heavy atom. The largest absolute Gasteiger partial charge is 0.370 e. The predicted octanol–water partition coefficient (Wildman–Crippen LogP) is 2.99. The highest BCUT2D eigenvalue weighted by atomic mass is 16.6. The van der Waals surface area contributed by atoms with Gasteiger partial charge in [-0.25, -0.2) is 4.98 Å². The summed E-state index contributed by atoms with van der Waals surface area (Å²) in [5, 5.41) is 17.1. The molecule has 2 aromatic rings. The van der Waals surface area contributed by atoms with Gasteiger partial charge in [0.05, 0.1) is 28.8 Å². The van der Waals surface area contributed by atoms with Crippen LogP contribution in [0.25, 0.3) is 0 Å². The highest BCUT2D eigenvalue weighted by Gasteiger charge is 2.13. The van der Waals surface area contributed by atoms with Gasteiger partial charge in [-0.15, -0.1) is 0 Å². The Balaban J connectivity index is 2.24. The van der Waals surface area contributed by atoms with Gasteiger partial charge in [0, 0.05) is 12.7 Å². The summed E-state index contributed by atoms with van der Waals surface area (Å²) < 4.78 is 0. The molecule has 21 heavy (non-hydrogen) atoms. The summed E-state index contributed by atoms with van der Waals surface area (Å²) in [4.78, 5) is 19.1. The van der Waals surface area contributed by atoms with E-state index in [-0.39, 0.29) is 11.7 Å². The highest BCUT2D eigenvalue weighted by molar-refractivity contribution is 5.55. The summed E-state index contributed by atoms with van der Waals surface area (Å²) in [6.45, 7) is 4.48. The molecule has 7 nitrogen and oxygen atoms in total. The number of pyridine rings is 2. The van der Waals surface area contributed by atoms with Crippen LogP contribution in [0, 0.1) is 10.1 Å². The minimum Gasteiger partial charge on any atom is -0.370 e. The molecule has 2 rings (SSSR count). The molecule has 7 heteroatoms. The molecule has 0 radical (unpaired) electrons. The first kappa shape index (κ1) is 14.7. The molecule has 2 aromatic heterocycles. The number of aromatic nitrogens is 2. The van der Waals surface area contributed by atoms with Gasteiger partial charge in [-0.1, -0.05) is 6.07 Å². The van der Waals surface area contributed by atoms with E-state index < -0.39 is 4.92 Å². The lowest BCUT2D eigenvalue weighted by molar-refractivity contribution is -0.384. The predicted molar refractivity (Wildman–Crippen MR) is 81.3 cm³/mol. The first-order valence-corrected chi connectivity index (χ1v) is 6.68. The van der Waals surface area contributed by atoms with Crippen LogP contribution in [-0.2, 0) is 0 Å². The van der Waals surface area contributed by atoms with Crippen LogP contribution in [0.5, 0.6) is 0 Å². The van der Waals surface area contributed by atoms with Gasteiger partial charge in [-0.3, -0.25) is 15.1 Å². The second-order valence-corrected chi connectivity index (χ2v) is 4.50. The summed E-state index contributed by atoms with van der Waals surface area (Å²) in [6, 6.07) is 8.35. The summed E-state index contributed by atoms with van der Waals surface area (Å²) in [5.41, 5.74) is 0.840. The average Bonchev–Trinajstić information content (AvgIpc) is 2.48. The summed E-state index contributed by atoms with van der Waals surface area (Å²) in [7, 11) is 0. The van der Waals surface area contributed by atoms with Gasteiger partial charge in [0.1, 0.15) is 11.6 Å². The van der Waals surface area contributed by atoms with Crippen molar-refractivity contribution >= 4 is 17.3 Å². The third-order valence-corrected chi connectivity index (χ3v) is 2.87. The van der Waals surface area contributed by atoms with Gasteiger partial charge in [0.2, 0.25) is 0 Å². The molecule has 0 saturated heterocycles. The smallest absolute Gasteiger partial charge is 0.276 e. The normalized spacial score (nSPS) is 11.7. The number of hydrogen-bond acceptors (Lipinski definition) is 6. The van der Waals surface area contributed by atoms with Crippen molar-refractivity contribution in [2.75, 3.05) is 17.2 Å². The van der Waals surface area contributed by atoms with E-state index >= 15 is 0 Å². The van der Waals surface area contributed by atoms with Crippen LogP contribution in [0.3, 0.4) is 0 Å². The molecule has 0 aromatic carbocycles. The van der Waals surface area contributed by atoms with Gasteiger partial charge < -0.3 is 10.6 Å². The number of hydrogen-bond donors (Lipinski definition) is 2. The van der Waals surface area contributed by atoms with Crippen molar-refractivity contribution in [3.63, 3.8) is 0 Å². The second-order valence-electron chi connectivity index (χ2n) is 4.50. The highest BCUT2D eigenvalue weighted by Crippen LogP contribution is 2.23. The van der Waals surface area contributed by atoms with Gasteiger partial charge >= 0.3 is 0 Å². The fourth-order valence-electron chi connectivity index (χ4n) is 1.90. The quantitative estimate of drug-likeness (QED) is 0.626. The average molecular weight is 287 g/mol. The van der Waals surface area contributed by atoms with Crippen molar-refractivity contribution < 1.29 is 4.92 Å². The third-order valence-electron chi connectivity index (χ3n) is 2.87. The van der Waals surface area contributed by atoms with Crippen molar-refractivity contribution in [3.8, 4) is 0 Å². The molecule has 0 fully saturated rings. The Kier molecular flexibility index (Phi) is 4.65. The van der Waals surface area contributed by atoms with Crippen LogP contribution in [0.4, 0.5) is 17.3 Å². The van der Waals surface area contributed by atoms with E-state index in [1.807, 2.05) is 32.0 Å². The molecule has 2 heterocycles. The molecule has 0 saturated carbocycles. The van der Waals surface area contributed by atoms with E-state index in [1.165, 1.54) is 12.1 Å². The van der Waals surface area contributed by atoms with E-state index in [4.69, 9.17) is 0 Å². The SMILES string of the molecule is CCNc1cc([N+](=O)[O-])cc(NC(C)c2ccccn2)n1. The molecule has 0 aliphatic carbocycles. The maximum absolute atomic E-state index is 11.0. The molecule has 0 spiro atoms. The Bertz CT molecular complexity index is 618. The number of nitrogens with one attached hydrogen (secondary N) is 2. The first-order valence-electron chi connectivity index (χ1n) is 6.68. The van der Waals surface area contributed by atoms with Crippen LogP contribution in [0.1, 0.15) is 25.6 Å². The van der Waals surface area contributed by atoms with Crippen molar-refractivity contribution in [2.45, 2.75) is 19.9 Å². The topological polar surface area (TPSA) is 93.0 Å². The van der Waals surface area contributed by atoms with Crippen LogP contribution >= 0.6 is 0 Å². The van der Waals surface area contributed by atoms with E-state index in [9.17, 15) is 10.1 Å². The zero-order valence-corrected chi connectivity index (χ0v) is 11.9. The van der Waals surface area contributed by atoms with Crippen LogP contribution in [0.2, 0.25) is 0 Å². The zero-order chi connectivity index (χ0) is 15.2. The first-order chi connectivity index (χ1) is 10.1. The zero-order valence-electron chi connectivity index (χ0n) is 11.9. The molecule has 1 atom stereocenters. The Morgan fingerprint density at radius 3 is 2.71 bits per heavy atom. The molecule has 0 aliphatic rings. The lowest BCUT2D eigenvalue weighted by Gasteiger charge is -2.14. The van der Waals surface area contributed by atoms with Gasteiger partial charge in [-0.2, -0.15) is 0 Å². The van der Waals surface area contributed by atoms with E-state index in [0.717, 1.165) is 5.69 Å². The third kappa shape index (κ3) is 3.88. The Morgan fingerprint density at radius 2 is 2.10 bits per heavy atom. The van der Waals surface area contributed by atoms with Gasteiger partial charge in [0.25, 0.3) is 5.69 Å². The van der Waals surface area contributed by atoms with Gasteiger partial charge in [0.15, 0.2) is 0 Å². The molecule has 1 unspecified atom stereocenters. The maximum atomic E-state index is 11.0. The number of nitrogens with zero attached hydrogens (tertiary/aromatic N) is 3. The number of rotatable bonds is 6. The van der Waals surface area contributed by atoms with E-state index in [1.54, 1.807) is 6.20 Å². The van der Waals surface area contributed by atoms with Crippen LogP contribution in [0.15, 0.2) is 36.5 Å². The van der Waals surface area contributed by atoms with Crippen molar-refractivity contribution in [3.05, 3.63) is 52.3 Å². The molecule has 0 amide bonds. The maximum Gasteiger partial charge on any atom is 0.276 e. The van der Waals surface area contributed by atoms with Gasteiger partial charge in [-0.05, 0) is 26.0 Å². The lowest BCUT2D eigenvalue weighted by Crippen LogP contribution is -2.11. The van der Waals surface area contributed by atoms with Crippen LogP contribution < -0.4 is 10.6 Å². The molecular weight excluding hydrogens is 270 g/mol. The second kappa shape index (κ2) is 6.65. The number of nitro groups is 1. The minimum absolute atomic E-state index is 0.00308. The van der Waals surface area contributed by atoms with Crippen molar-refractivity contribution in [1.82, 2.24) is 9.97 Å². The fraction of sp³-hybridized carbons (Fsp3) is 0.286. The lowest BCUT2D eigenvalue weighted by atomic mass is 10.2. The monoisotopic (exact) mass is 287 g/mol.